The predicted octanol–water partition coefficient (Wildman–Crippen LogP) is 5.65. The molecule has 154 valence electrons. The molecule has 3 aromatic heterocycles. The second kappa shape index (κ2) is 9.75. The van der Waals surface area contributed by atoms with Gasteiger partial charge >= 0.3 is 0 Å². The second-order valence-electron chi connectivity index (χ2n) is 7.61. The van der Waals surface area contributed by atoms with Gasteiger partial charge in [0.05, 0.1) is 22.8 Å². The van der Waals surface area contributed by atoms with E-state index in [4.69, 9.17) is 0 Å². The first kappa shape index (κ1) is 21.7. The minimum atomic E-state index is 0. The summed E-state index contributed by atoms with van der Waals surface area (Å²) in [6.45, 7) is 1.05. The summed E-state index contributed by atoms with van der Waals surface area (Å²) < 4.78 is 0. The summed E-state index contributed by atoms with van der Waals surface area (Å²) in [5.41, 5.74) is 7.86. The molecule has 0 saturated heterocycles. The number of nitrogens with one attached hydrogen (secondary N) is 2. The maximum absolute atomic E-state index is 4.63. The van der Waals surface area contributed by atoms with Crippen LogP contribution in [0.15, 0.2) is 73.0 Å². The van der Waals surface area contributed by atoms with Gasteiger partial charge in [0.1, 0.15) is 0 Å². The predicted molar refractivity (Wildman–Crippen MR) is 130 cm³/mol. The van der Waals surface area contributed by atoms with Crippen LogP contribution in [0.1, 0.15) is 22.8 Å². The van der Waals surface area contributed by atoms with E-state index in [-0.39, 0.29) is 19.5 Å². The fraction of sp³-hybridized carbons (Fsp3) is 0.0769. The number of rotatable bonds is 0. The van der Waals surface area contributed by atoms with Crippen molar-refractivity contribution in [2.45, 2.75) is 0 Å². The van der Waals surface area contributed by atoms with Gasteiger partial charge in [0.2, 0.25) is 0 Å². The first-order chi connectivity index (χ1) is 15.2. The largest absolute Gasteiger partial charge is 0.377 e. The number of hydrogen-bond acceptors (Lipinski definition) is 3. The van der Waals surface area contributed by atoms with Gasteiger partial charge in [-0.05, 0) is 85.1 Å². The van der Waals surface area contributed by atoms with Crippen molar-refractivity contribution in [2.75, 3.05) is 13.6 Å². The number of aromatic nitrogens is 4. The molecule has 0 aromatic carbocycles. The standard InChI is InChI=1S/C20H14N4.C6H9N.Zn/c1-2-14-10-16-5-6-18(23-16)12-20-8-7-19(24-20)11-17-4-3-15(22-17)9-13(1)21-14;1-7-5-3-2-4-6-7;/h1-12,21,24H;2-5H,6H2,1H3;. The van der Waals surface area contributed by atoms with Gasteiger partial charge in [0.15, 0.2) is 0 Å². The van der Waals surface area contributed by atoms with E-state index in [2.05, 4.69) is 74.5 Å². The van der Waals surface area contributed by atoms with Crippen molar-refractivity contribution >= 4 is 46.4 Å². The molecule has 3 aromatic rings. The Morgan fingerprint density at radius 3 is 1.34 bits per heavy atom. The SMILES string of the molecule is C1=Cc2cc3ccc(cc4nc(cc5ccc(cc1n2)[nH]5)C=C4)[nH]3.CN1C=CC=CC1.[Zn]. The van der Waals surface area contributed by atoms with E-state index in [1.807, 2.05) is 54.6 Å². The van der Waals surface area contributed by atoms with E-state index < -0.39 is 0 Å². The number of allylic oxidation sites excluding steroid dienone is 2. The molecular weight excluding hydrogens is 448 g/mol. The van der Waals surface area contributed by atoms with Crippen molar-refractivity contribution in [3.63, 3.8) is 0 Å². The minimum absolute atomic E-state index is 0. The third-order valence-electron chi connectivity index (χ3n) is 5.02. The molecule has 0 saturated carbocycles. The van der Waals surface area contributed by atoms with Crippen molar-refractivity contribution in [1.29, 1.82) is 0 Å². The average molecular weight is 471 g/mol. The summed E-state index contributed by atoms with van der Waals surface area (Å²) >= 11 is 0. The van der Waals surface area contributed by atoms with Crippen LogP contribution in [-0.4, -0.2) is 38.4 Å². The van der Waals surface area contributed by atoms with Crippen molar-refractivity contribution in [2.24, 2.45) is 0 Å². The molecule has 0 amide bonds. The number of aromatic amines is 2. The Hall–Kier alpha value is -3.50. The van der Waals surface area contributed by atoms with Crippen LogP contribution in [0.3, 0.4) is 0 Å². The molecule has 0 atom stereocenters. The molecule has 5 nitrogen and oxygen atoms in total. The van der Waals surface area contributed by atoms with Gasteiger partial charge in [-0.2, -0.15) is 0 Å². The van der Waals surface area contributed by atoms with Crippen molar-refractivity contribution < 1.29 is 19.5 Å². The molecule has 2 N–H and O–H groups in total. The zero-order chi connectivity index (χ0) is 21.0. The van der Waals surface area contributed by atoms with E-state index >= 15 is 0 Å². The van der Waals surface area contributed by atoms with Crippen molar-refractivity contribution in [3.05, 3.63) is 95.7 Å². The molecule has 0 radical (unpaired) electrons. The monoisotopic (exact) mass is 469 g/mol. The number of likely N-dealkylation sites (N-methyl/N-ethyl adjacent to an activating group) is 1. The summed E-state index contributed by atoms with van der Waals surface area (Å²) in [4.78, 5) is 18.1. The quantitative estimate of drug-likeness (QED) is 0.287. The number of H-pyrrole nitrogens is 2. The van der Waals surface area contributed by atoms with E-state index in [1.54, 1.807) is 0 Å². The molecule has 0 aliphatic carbocycles. The molecule has 0 fully saturated rings. The molecule has 3 aliphatic rings. The van der Waals surface area contributed by atoms with Crippen LogP contribution in [-0.2, 0) is 19.5 Å². The summed E-state index contributed by atoms with van der Waals surface area (Å²) in [6.07, 6.45) is 16.4. The van der Waals surface area contributed by atoms with Crippen LogP contribution >= 0.6 is 0 Å². The minimum Gasteiger partial charge on any atom is -0.377 e. The Morgan fingerprint density at radius 2 is 1.06 bits per heavy atom. The molecule has 8 bridgehead atoms. The van der Waals surface area contributed by atoms with Crippen LogP contribution in [0, 0.1) is 0 Å². The molecule has 6 heteroatoms. The van der Waals surface area contributed by atoms with Gasteiger partial charge in [-0.25, -0.2) is 9.97 Å². The summed E-state index contributed by atoms with van der Waals surface area (Å²) in [5.74, 6) is 0. The number of fused-ring (bicyclic) bond motifs is 8. The van der Waals surface area contributed by atoms with Crippen LogP contribution in [0.4, 0.5) is 0 Å². The zero-order valence-electron chi connectivity index (χ0n) is 18.0. The fourth-order valence-electron chi connectivity index (χ4n) is 3.51. The third-order valence-corrected chi connectivity index (χ3v) is 5.02. The Kier molecular flexibility index (Phi) is 6.62. The third kappa shape index (κ3) is 5.40. The summed E-state index contributed by atoms with van der Waals surface area (Å²) in [6, 6.07) is 16.4. The molecule has 32 heavy (non-hydrogen) atoms. The Bertz CT molecular complexity index is 1210. The van der Waals surface area contributed by atoms with Crippen molar-refractivity contribution in [3.8, 4) is 0 Å². The van der Waals surface area contributed by atoms with E-state index in [9.17, 15) is 0 Å². The molecular formula is C26H23N5Zn. The Balaban J connectivity index is 0.000000265. The molecule has 6 heterocycles. The van der Waals surface area contributed by atoms with Gasteiger partial charge in [0.25, 0.3) is 0 Å². The number of nitrogens with zero attached hydrogens (tertiary/aromatic N) is 3. The van der Waals surface area contributed by atoms with Crippen LogP contribution in [0.2, 0.25) is 0 Å². The molecule has 6 rings (SSSR count). The Labute approximate surface area is 199 Å². The maximum atomic E-state index is 4.63. The fourth-order valence-corrected chi connectivity index (χ4v) is 3.51. The van der Waals surface area contributed by atoms with Gasteiger partial charge in [-0.3, -0.25) is 0 Å². The second-order valence-corrected chi connectivity index (χ2v) is 7.61. The van der Waals surface area contributed by atoms with Gasteiger partial charge < -0.3 is 14.9 Å². The van der Waals surface area contributed by atoms with E-state index in [0.717, 1.165) is 51.4 Å². The first-order valence-corrected chi connectivity index (χ1v) is 10.3. The van der Waals surface area contributed by atoms with Crippen LogP contribution < -0.4 is 0 Å². The smallest absolute Gasteiger partial charge is 0.0658 e. The number of hydrogen-bond donors (Lipinski definition) is 2. The van der Waals surface area contributed by atoms with Gasteiger partial charge in [-0.15, -0.1) is 0 Å². The summed E-state index contributed by atoms with van der Waals surface area (Å²) in [5, 5.41) is 0. The topological polar surface area (TPSA) is 60.6 Å². The molecule has 0 spiro atoms. The van der Waals surface area contributed by atoms with Crippen molar-refractivity contribution in [1.82, 2.24) is 24.8 Å². The molecule has 0 unspecified atom stereocenters. The van der Waals surface area contributed by atoms with E-state index in [1.165, 1.54) is 0 Å². The van der Waals surface area contributed by atoms with E-state index in [0.29, 0.717) is 0 Å². The van der Waals surface area contributed by atoms with Crippen LogP contribution in [0.5, 0.6) is 0 Å². The zero-order valence-corrected chi connectivity index (χ0v) is 21.0. The Morgan fingerprint density at radius 1 is 0.656 bits per heavy atom. The summed E-state index contributed by atoms with van der Waals surface area (Å²) in [7, 11) is 2.06. The van der Waals surface area contributed by atoms with Crippen LogP contribution in [0.25, 0.3) is 46.4 Å². The van der Waals surface area contributed by atoms with Gasteiger partial charge in [-0.1, -0.05) is 12.2 Å². The maximum Gasteiger partial charge on any atom is 0.0658 e. The molecule has 3 aliphatic heterocycles. The first-order valence-electron chi connectivity index (χ1n) is 10.3. The van der Waals surface area contributed by atoms with Gasteiger partial charge in [0, 0.05) is 55.1 Å². The normalized spacial score (nSPS) is 13.5. The average Bonchev–Trinajstić information content (AvgIpc) is 3.55.